The number of carbonyl (C=O) groups is 1. The molecule has 0 bridgehead atoms. The van der Waals surface area contributed by atoms with Crippen LogP contribution in [0.3, 0.4) is 0 Å². The van der Waals surface area contributed by atoms with Crippen LogP contribution in [-0.4, -0.2) is 59.4 Å². The molecule has 4 aromatic rings. The Morgan fingerprint density at radius 3 is 2.31 bits per heavy atom. The van der Waals surface area contributed by atoms with Gasteiger partial charge in [0.2, 0.25) is 10.0 Å². The molecule has 2 heterocycles. The summed E-state index contributed by atoms with van der Waals surface area (Å²) in [6, 6.07) is 14.3. The molecule has 0 atom stereocenters. The summed E-state index contributed by atoms with van der Waals surface area (Å²) in [6.45, 7) is 9.21. The largest absolute Gasteiger partial charge is 0.573 e. The van der Waals surface area contributed by atoms with Gasteiger partial charge in [0.25, 0.3) is 5.91 Å². The smallest absolute Gasteiger partial charge is 0.491 e. The van der Waals surface area contributed by atoms with Crippen molar-refractivity contribution in [2.24, 2.45) is 0 Å². The highest BCUT2D eigenvalue weighted by molar-refractivity contribution is 7.92. The maximum atomic E-state index is 13.6. The molecule has 1 aliphatic rings. The highest BCUT2D eigenvalue weighted by atomic mass is 35.5. The Morgan fingerprint density at radius 1 is 1.00 bits per heavy atom. The summed E-state index contributed by atoms with van der Waals surface area (Å²) in [5.41, 5.74) is 1.64. The van der Waals surface area contributed by atoms with E-state index in [0.717, 1.165) is 11.0 Å². The number of alkyl halides is 3. The van der Waals surface area contributed by atoms with E-state index in [1.54, 1.807) is 56.3 Å². The fourth-order valence-electron chi connectivity index (χ4n) is 5.47. The molecule has 1 amide bonds. The number of halogens is 4. The highest BCUT2D eigenvalue weighted by Gasteiger charge is 2.33. The molecule has 1 aromatic heterocycles. The van der Waals surface area contributed by atoms with Crippen LogP contribution < -0.4 is 24.4 Å². The molecule has 15 heteroatoms. The van der Waals surface area contributed by atoms with Crippen LogP contribution in [0.15, 0.2) is 54.6 Å². The normalized spacial score (nSPS) is 14.3. The van der Waals surface area contributed by atoms with Gasteiger partial charge in [0.1, 0.15) is 11.5 Å². The molecule has 258 valence electrons. The van der Waals surface area contributed by atoms with Crippen molar-refractivity contribution in [2.75, 3.05) is 47.5 Å². The van der Waals surface area contributed by atoms with E-state index in [1.807, 2.05) is 18.7 Å². The van der Waals surface area contributed by atoms with Gasteiger partial charge in [-0.05, 0) is 73.5 Å². The van der Waals surface area contributed by atoms with Gasteiger partial charge in [-0.2, -0.15) is 0 Å². The Balaban J connectivity index is 1.48. The van der Waals surface area contributed by atoms with Crippen molar-refractivity contribution in [3.8, 4) is 11.5 Å². The first-order valence-electron chi connectivity index (χ1n) is 15.0. The minimum atomic E-state index is -4.90. The molecule has 0 aliphatic carbocycles. The summed E-state index contributed by atoms with van der Waals surface area (Å²) < 4.78 is 82.6. The van der Waals surface area contributed by atoms with Gasteiger partial charge in [-0.15, -0.1) is 24.5 Å². The topological polar surface area (TPSA) is 106 Å². The van der Waals surface area contributed by atoms with Crippen molar-refractivity contribution in [1.29, 1.82) is 0 Å². The molecule has 2 N–H and O–H groups in total. The lowest BCUT2D eigenvalue weighted by molar-refractivity contribution is -0.274. The van der Waals surface area contributed by atoms with Crippen LogP contribution in [0.2, 0.25) is 5.02 Å². The molecular weight excluding hydrogens is 691 g/mol. The second kappa shape index (κ2) is 13.7. The second-order valence-electron chi connectivity index (χ2n) is 12.2. The lowest BCUT2D eigenvalue weighted by atomic mass is 9.78. The summed E-state index contributed by atoms with van der Waals surface area (Å²) >= 11 is 7.77. The zero-order valence-corrected chi connectivity index (χ0v) is 29.2. The molecule has 0 radical (unpaired) electrons. The van der Waals surface area contributed by atoms with E-state index < -0.39 is 33.5 Å². The third-order valence-corrected chi connectivity index (χ3v) is 9.51. The fourth-order valence-corrected chi connectivity index (χ4v) is 7.22. The van der Waals surface area contributed by atoms with E-state index in [1.165, 1.54) is 23.5 Å². The molecule has 9 nitrogen and oxygen atoms in total. The number of nitrogens with zero attached hydrogens (tertiary/aromatic N) is 1. The summed E-state index contributed by atoms with van der Waals surface area (Å²) in [5, 5.41) is 3.92. The number of benzene rings is 3. The number of fused-ring (bicyclic) bond motifs is 1. The second-order valence-corrected chi connectivity index (χ2v) is 15.4. The van der Waals surface area contributed by atoms with Crippen molar-refractivity contribution >= 4 is 66.0 Å². The third-order valence-electron chi connectivity index (χ3n) is 7.60. The molecule has 0 unspecified atom stereocenters. The van der Waals surface area contributed by atoms with Gasteiger partial charge in [-0.1, -0.05) is 25.4 Å². The zero-order valence-electron chi connectivity index (χ0n) is 26.8. The molecule has 1 saturated heterocycles. The first-order chi connectivity index (χ1) is 22.4. The van der Waals surface area contributed by atoms with Crippen molar-refractivity contribution < 1.29 is 40.6 Å². The van der Waals surface area contributed by atoms with Gasteiger partial charge in [-0.25, -0.2) is 8.42 Å². The van der Waals surface area contributed by atoms with E-state index in [9.17, 15) is 26.4 Å². The van der Waals surface area contributed by atoms with Gasteiger partial charge < -0.3 is 24.4 Å². The number of sulfonamides is 1. The Morgan fingerprint density at radius 2 is 1.67 bits per heavy atom. The van der Waals surface area contributed by atoms with Gasteiger partial charge in [-0.3, -0.25) is 9.52 Å². The lowest BCUT2D eigenvalue weighted by Crippen LogP contribution is -2.36. The molecular formula is C33H35ClF3N3O6S2. The van der Waals surface area contributed by atoms with Crippen molar-refractivity contribution in [1.82, 2.24) is 0 Å². The van der Waals surface area contributed by atoms with E-state index in [2.05, 4.69) is 14.8 Å². The number of nitrogens with one attached hydrogen (secondary N) is 2. The number of thiophene rings is 1. The summed E-state index contributed by atoms with van der Waals surface area (Å²) in [5.74, 6) is -0.627. The quantitative estimate of drug-likeness (QED) is 0.171. The van der Waals surface area contributed by atoms with Crippen LogP contribution in [0.25, 0.3) is 10.1 Å². The minimum absolute atomic E-state index is 0.210. The average Bonchev–Trinajstić information content (AvgIpc) is 3.40. The Kier molecular flexibility index (Phi) is 10.1. The molecule has 48 heavy (non-hydrogen) atoms. The predicted octanol–water partition coefficient (Wildman–Crippen LogP) is 8.03. The van der Waals surface area contributed by atoms with Gasteiger partial charge in [0.15, 0.2) is 0 Å². The third kappa shape index (κ3) is 8.65. The van der Waals surface area contributed by atoms with Gasteiger partial charge in [0, 0.05) is 45.4 Å². The zero-order chi connectivity index (χ0) is 35.0. The van der Waals surface area contributed by atoms with Crippen LogP contribution in [0.5, 0.6) is 11.5 Å². The van der Waals surface area contributed by atoms with Gasteiger partial charge >= 0.3 is 6.36 Å². The van der Waals surface area contributed by atoms with E-state index in [0.29, 0.717) is 69.8 Å². The number of hydrogen-bond acceptors (Lipinski definition) is 8. The first kappa shape index (κ1) is 35.6. The fraction of sp³-hybridized carbons (Fsp3) is 0.364. The van der Waals surface area contributed by atoms with E-state index in [-0.39, 0.29) is 11.9 Å². The minimum Gasteiger partial charge on any atom is -0.491 e. The van der Waals surface area contributed by atoms with Crippen LogP contribution in [-0.2, 0) is 20.2 Å². The number of hydrogen-bond donors (Lipinski definition) is 2. The SMILES string of the molecule is CC(C)Oc1cc(OC(F)(F)F)cc(C(C)(C)c2cc(Cl)cc(NC(=O)c3cc4c(N5CCOCC5)c(NS(C)(=O)=O)ccc4s3)c2)c1. The van der Waals surface area contributed by atoms with Crippen LogP contribution in [0.4, 0.5) is 30.2 Å². The summed E-state index contributed by atoms with van der Waals surface area (Å²) in [6.07, 6.45) is -4.11. The van der Waals surface area contributed by atoms with Crippen molar-refractivity contribution in [3.63, 3.8) is 0 Å². The number of anilines is 3. The molecule has 3 aromatic carbocycles. The standard InChI is InChI=1S/C33H35ClF3N3O6S2/c1-19(2)45-24-14-21(15-25(17-24)46-33(35,36)37)32(3,4)20-12-22(34)16-23(13-20)38-31(41)29-18-26-28(47-29)7-6-27(39-48(5,42)43)30(26)40-8-10-44-11-9-40/h6-7,12-19,39H,8-11H2,1-5H3,(H,38,41). The first-order valence-corrected chi connectivity index (χ1v) is 18.0. The average molecular weight is 726 g/mol. The van der Waals surface area contributed by atoms with Crippen molar-refractivity contribution in [2.45, 2.75) is 45.6 Å². The summed E-state index contributed by atoms with van der Waals surface area (Å²) in [4.78, 5) is 16.0. The molecule has 5 rings (SSSR count). The van der Waals surface area contributed by atoms with Crippen LogP contribution in [0, 0.1) is 0 Å². The number of ether oxygens (including phenoxy) is 3. The number of morpholine rings is 1. The highest BCUT2D eigenvalue weighted by Crippen LogP contribution is 2.42. The number of amides is 1. The summed E-state index contributed by atoms with van der Waals surface area (Å²) in [7, 11) is -3.58. The number of rotatable bonds is 10. The molecule has 1 aliphatic heterocycles. The van der Waals surface area contributed by atoms with E-state index in [4.69, 9.17) is 21.1 Å². The molecule has 1 fully saturated rings. The number of carbonyl (C=O) groups excluding carboxylic acids is 1. The molecule has 0 saturated carbocycles. The maximum absolute atomic E-state index is 13.6. The Bertz CT molecular complexity index is 1940. The monoisotopic (exact) mass is 725 g/mol. The van der Waals surface area contributed by atoms with Crippen LogP contribution in [0.1, 0.15) is 48.5 Å². The maximum Gasteiger partial charge on any atom is 0.573 e. The Hall–Kier alpha value is -3.72. The lowest BCUT2D eigenvalue weighted by Gasteiger charge is -2.31. The molecule has 0 spiro atoms. The van der Waals surface area contributed by atoms with Crippen LogP contribution >= 0.6 is 22.9 Å². The predicted molar refractivity (Wildman–Crippen MR) is 184 cm³/mol. The Labute approximate surface area is 286 Å². The van der Waals surface area contributed by atoms with Crippen molar-refractivity contribution in [3.05, 3.63) is 75.6 Å². The van der Waals surface area contributed by atoms with E-state index >= 15 is 0 Å². The van der Waals surface area contributed by atoms with Gasteiger partial charge in [0.05, 0.1) is 41.8 Å².